The molecule has 1 aromatic heterocycles. The smallest absolute Gasteiger partial charge is 0.142 e. The molecule has 0 saturated heterocycles. The van der Waals surface area contributed by atoms with Gasteiger partial charge in [0, 0.05) is 18.3 Å². The fourth-order valence-corrected chi connectivity index (χ4v) is 1.41. The number of aromatic nitrogens is 1. The van der Waals surface area contributed by atoms with Crippen molar-refractivity contribution in [3.8, 4) is 5.75 Å². The van der Waals surface area contributed by atoms with Gasteiger partial charge in [-0.2, -0.15) is 0 Å². The van der Waals surface area contributed by atoms with Crippen molar-refractivity contribution in [1.29, 1.82) is 0 Å². The second-order valence-electron chi connectivity index (χ2n) is 4.67. The van der Waals surface area contributed by atoms with Gasteiger partial charge in [-0.3, -0.25) is 4.98 Å². The van der Waals surface area contributed by atoms with Gasteiger partial charge in [0.15, 0.2) is 0 Å². The first-order chi connectivity index (χ1) is 7.59. The number of nitrogens with zero attached hydrogens (tertiary/aromatic N) is 1. The molecule has 1 rings (SSSR count). The highest BCUT2D eigenvalue weighted by molar-refractivity contribution is 5.29. The third kappa shape index (κ3) is 4.62. The molecule has 1 aromatic rings. The fourth-order valence-electron chi connectivity index (χ4n) is 1.41. The lowest BCUT2D eigenvalue weighted by atomic mass is 10.2. The Morgan fingerprint density at radius 1 is 1.31 bits per heavy atom. The van der Waals surface area contributed by atoms with Crippen LogP contribution >= 0.6 is 0 Å². The van der Waals surface area contributed by atoms with E-state index < -0.39 is 0 Å². The van der Waals surface area contributed by atoms with Crippen LogP contribution in [0.2, 0.25) is 0 Å². The monoisotopic (exact) mass is 222 g/mol. The van der Waals surface area contributed by atoms with Crippen LogP contribution < -0.4 is 10.1 Å². The molecule has 3 heteroatoms. The van der Waals surface area contributed by atoms with Crippen LogP contribution in [0.1, 0.15) is 33.3 Å². The molecule has 0 bridgehead atoms. The van der Waals surface area contributed by atoms with Crippen LogP contribution in [0, 0.1) is 5.92 Å². The second kappa shape index (κ2) is 6.48. The topological polar surface area (TPSA) is 34.2 Å². The van der Waals surface area contributed by atoms with Crippen molar-refractivity contribution in [1.82, 2.24) is 10.3 Å². The lowest BCUT2D eigenvalue weighted by Crippen LogP contribution is -2.20. The summed E-state index contributed by atoms with van der Waals surface area (Å²) in [5.74, 6) is 1.55. The lowest BCUT2D eigenvalue weighted by Gasteiger charge is -2.14. The fraction of sp³-hybridized carbons (Fsp3) is 0.615. The molecule has 0 aromatic carbocycles. The number of hydrogen-bond acceptors (Lipinski definition) is 3. The van der Waals surface area contributed by atoms with Crippen molar-refractivity contribution in [3.05, 3.63) is 24.0 Å². The van der Waals surface area contributed by atoms with Crippen molar-refractivity contribution < 1.29 is 4.74 Å². The van der Waals surface area contributed by atoms with Crippen LogP contribution in [0.4, 0.5) is 0 Å². The van der Waals surface area contributed by atoms with Gasteiger partial charge in [-0.15, -0.1) is 0 Å². The van der Waals surface area contributed by atoms with Crippen LogP contribution in [-0.4, -0.2) is 17.6 Å². The van der Waals surface area contributed by atoms with Crippen LogP contribution in [0.5, 0.6) is 5.75 Å². The maximum atomic E-state index is 5.70. The summed E-state index contributed by atoms with van der Waals surface area (Å²) in [6.45, 7) is 10.3. The van der Waals surface area contributed by atoms with Gasteiger partial charge in [0.1, 0.15) is 5.75 Å². The van der Waals surface area contributed by atoms with Crippen molar-refractivity contribution in [2.75, 3.05) is 6.54 Å². The van der Waals surface area contributed by atoms with Crippen LogP contribution in [0.15, 0.2) is 18.5 Å². The number of rotatable bonds is 6. The zero-order valence-electron chi connectivity index (χ0n) is 10.7. The minimum atomic E-state index is 0.188. The molecule has 0 radical (unpaired) electrons. The van der Waals surface area contributed by atoms with E-state index in [-0.39, 0.29) is 6.10 Å². The Kier molecular flexibility index (Phi) is 5.26. The summed E-state index contributed by atoms with van der Waals surface area (Å²) >= 11 is 0. The van der Waals surface area contributed by atoms with E-state index in [2.05, 4.69) is 24.1 Å². The van der Waals surface area contributed by atoms with E-state index in [9.17, 15) is 0 Å². The highest BCUT2D eigenvalue weighted by Gasteiger charge is 2.05. The Hall–Kier alpha value is -1.09. The van der Waals surface area contributed by atoms with Gasteiger partial charge in [0.2, 0.25) is 0 Å². The van der Waals surface area contributed by atoms with Gasteiger partial charge in [0.05, 0.1) is 12.3 Å². The molecule has 0 amide bonds. The van der Waals surface area contributed by atoms with E-state index in [1.54, 1.807) is 12.4 Å². The minimum absolute atomic E-state index is 0.188. The molecule has 0 aliphatic rings. The molecule has 0 atom stereocenters. The van der Waals surface area contributed by atoms with Crippen molar-refractivity contribution >= 4 is 0 Å². The largest absolute Gasteiger partial charge is 0.489 e. The Morgan fingerprint density at radius 3 is 2.69 bits per heavy atom. The first-order valence-corrected chi connectivity index (χ1v) is 5.90. The molecule has 0 unspecified atom stereocenters. The summed E-state index contributed by atoms with van der Waals surface area (Å²) in [7, 11) is 0. The maximum Gasteiger partial charge on any atom is 0.142 e. The van der Waals surface area contributed by atoms with E-state index >= 15 is 0 Å². The minimum Gasteiger partial charge on any atom is -0.489 e. The molecule has 0 fully saturated rings. The van der Waals surface area contributed by atoms with Gasteiger partial charge in [-0.1, -0.05) is 13.8 Å². The predicted octanol–water partition coefficient (Wildman–Crippen LogP) is 2.61. The van der Waals surface area contributed by atoms with E-state index in [0.29, 0.717) is 5.92 Å². The second-order valence-corrected chi connectivity index (χ2v) is 4.67. The van der Waals surface area contributed by atoms with E-state index in [4.69, 9.17) is 4.74 Å². The summed E-state index contributed by atoms with van der Waals surface area (Å²) in [5, 5.41) is 3.41. The Bertz CT molecular complexity index is 311. The van der Waals surface area contributed by atoms with Crippen molar-refractivity contribution in [2.45, 2.75) is 40.3 Å². The summed E-state index contributed by atoms with van der Waals surface area (Å²) in [5.41, 5.74) is 1.17. The molecule has 1 N–H and O–H groups in total. The summed E-state index contributed by atoms with van der Waals surface area (Å²) in [6.07, 6.45) is 3.78. The Balaban J connectivity index is 2.56. The highest BCUT2D eigenvalue weighted by atomic mass is 16.5. The van der Waals surface area contributed by atoms with Gasteiger partial charge < -0.3 is 10.1 Å². The molecule has 0 saturated carbocycles. The molecule has 16 heavy (non-hydrogen) atoms. The highest BCUT2D eigenvalue weighted by Crippen LogP contribution is 2.17. The van der Waals surface area contributed by atoms with E-state index in [0.717, 1.165) is 18.8 Å². The molecule has 3 nitrogen and oxygen atoms in total. The van der Waals surface area contributed by atoms with Crippen LogP contribution in [-0.2, 0) is 6.54 Å². The summed E-state index contributed by atoms with van der Waals surface area (Å²) in [6, 6.07) is 2.00. The summed E-state index contributed by atoms with van der Waals surface area (Å²) in [4.78, 5) is 4.09. The number of nitrogens with one attached hydrogen (secondary N) is 1. The number of pyridine rings is 1. The number of ether oxygens (including phenoxy) is 1. The molecule has 1 heterocycles. The molecular formula is C13H22N2O. The molecular weight excluding hydrogens is 200 g/mol. The van der Waals surface area contributed by atoms with Gasteiger partial charge in [-0.25, -0.2) is 0 Å². The lowest BCUT2D eigenvalue weighted by molar-refractivity contribution is 0.238. The average Bonchev–Trinajstić information content (AvgIpc) is 2.19. The molecule has 90 valence electrons. The van der Waals surface area contributed by atoms with Crippen molar-refractivity contribution in [3.63, 3.8) is 0 Å². The normalized spacial score (nSPS) is 11.1. The zero-order valence-corrected chi connectivity index (χ0v) is 10.7. The SMILES string of the molecule is CC(C)CNCc1ccncc1OC(C)C. The predicted molar refractivity (Wildman–Crippen MR) is 66.5 cm³/mol. The quantitative estimate of drug-likeness (QED) is 0.803. The third-order valence-electron chi connectivity index (χ3n) is 2.10. The van der Waals surface area contributed by atoms with Crippen molar-refractivity contribution in [2.24, 2.45) is 5.92 Å². The third-order valence-corrected chi connectivity index (χ3v) is 2.10. The first-order valence-electron chi connectivity index (χ1n) is 5.90. The Morgan fingerprint density at radius 2 is 2.06 bits per heavy atom. The Labute approximate surface area is 98.2 Å². The van der Waals surface area contributed by atoms with Crippen LogP contribution in [0.25, 0.3) is 0 Å². The molecule has 0 spiro atoms. The maximum absolute atomic E-state index is 5.70. The number of hydrogen-bond donors (Lipinski definition) is 1. The standard InChI is InChI=1S/C13H22N2O/c1-10(2)7-15-8-12-5-6-14-9-13(12)16-11(3)4/h5-6,9-11,15H,7-8H2,1-4H3. The van der Waals surface area contributed by atoms with Gasteiger partial charge in [0.25, 0.3) is 0 Å². The van der Waals surface area contributed by atoms with Gasteiger partial charge in [-0.05, 0) is 32.4 Å². The average molecular weight is 222 g/mol. The van der Waals surface area contributed by atoms with E-state index in [1.165, 1.54) is 5.56 Å². The molecule has 0 aliphatic heterocycles. The summed E-state index contributed by atoms with van der Waals surface area (Å²) < 4.78 is 5.70. The molecule has 0 aliphatic carbocycles. The zero-order chi connectivity index (χ0) is 12.0. The van der Waals surface area contributed by atoms with E-state index in [1.807, 2.05) is 19.9 Å². The van der Waals surface area contributed by atoms with Crippen LogP contribution in [0.3, 0.4) is 0 Å². The van der Waals surface area contributed by atoms with Gasteiger partial charge >= 0.3 is 0 Å². The first kappa shape index (κ1) is 13.0.